The highest BCUT2D eigenvalue weighted by molar-refractivity contribution is 9.10. The minimum absolute atomic E-state index is 0.415. The third-order valence-electron chi connectivity index (χ3n) is 2.91. The Labute approximate surface area is 126 Å². The third-order valence-corrected chi connectivity index (χ3v) is 4.16. The summed E-state index contributed by atoms with van der Waals surface area (Å²) >= 11 is 3.56. The van der Waals surface area contributed by atoms with Gasteiger partial charge in [-0.2, -0.15) is 0 Å². The normalized spacial score (nSPS) is 10.7. The topological polar surface area (TPSA) is 73.1 Å². The van der Waals surface area contributed by atoms with Crippen molar-refractivity contribution in [3.05, 3.63) is 39.5 Å². The van der Waals surface area contributed by atoms with Crippen molar-refractivity contribution >= 4 is 21.7 Å². The molecule has 0 aliphatic heterocycles. The molecule has 0 aliphatic carbocycles. The molecule has 0 amide bonds. The smallest absolute Gasteiger partial charge is 0.161 e. The molecule has 3 N–H and O–H groups in total. The van der Waals surface area contributed by atoms with Crippen LogP contribution in [0.2, 0.25) is 0 Å². The lowest BCUT2D eigenvalue weighted by Crippen LogP contribution is -2.11. The summed E-state index contributed by atoms with van der Waals surface area (Å²) in [5.74, 6) is 6.66. The van der Waals surface area contributed by atoms with E-state index in [1.54, 1.807) is 13.2 Å². The second-order valence-corrected chi connectivity index (χ2v) is 5.36. The molecule has 0 spiro atoms. The number of halogens is 1. The van der Waals surface area contributed by atoms with E-state index in [2.05, 4.69) is 31.3 Å². The summed E-state index contributed by atoms with van der Waals surface area (Å²) in [7, 11) is 1.63. The first-order valence-corrected chi connectivity index (χ1v) is 6.95. The minimum atomic E-state index is 0.415. The van der Waals surface area contributed by atoms with Gasteiger partial charge in [0.05, 0.1) is 12.3 Å². The predicted octanol–water partition coefficient (Wildman–Crippen LogP) is 2.95. The van der Waals surface area contributed by atoms with Gasteiger partial charge in [0.25, 0.3) is 0 Å². The van der Waals surface area contributed by atoms with Crippen molar-refractivity contribution in [2.24, 2.45) is 5.84 Å². The summed E-state index contributed by atoms with van der Waals surface area (Å²) < 4.78 is 6.22. The first-order chi connectivity index (χ1) is 9.55. The number of anilines is 1. The fraction of sp³-hybridized carbons (Fsp3) is 0.286. The number of nitrogens with zero attached hydrogens (tertiary/aromatic N) is 2. The first-order valence-electron chi connectivity index (χ1n) is 6.15. The SMILES string of the molecule is COCc1cc(NN)nc(-c2cc(C)c(Br)c(C)c2)n1. The Morgan fingerprint density at radius 1 is 1.20 bits per heavy atom. The van der Waals surface area contributed by atoms with E-state index < -0.39 is 0 Å². The number of aryl methyl sites for hydroxylation is 2. The quantitative estimate of drug-likeness (QED) is 0.663. The Morgan fingerprint density at radius 2 is 1.85 bits per heavy atom. The molecule has 106 valence electrons. The monoisotopic (exact) mass is 336 g/mol. The Kier molecular flexibility index (Phi) is 4.69. The zero-order valence-electron chi connectivity index (χ0n) is 11.7. The zero-order valence-corrected chi connectivity index (χ0v) is 13.3. The van der Waals surface area contributed by atoms with Crippen LogP contribution in [0.15, 0.2) is 22.7 Å². The standard InChI is InChI=1S/C14H17BrN4O/c1-8-4-10(5-9(2)13(8)15)14-17-11(7-20-3)6-12(18-14)19-16/h4-6H,7,16H2,1-3H3,(H,17,18,19). The van der Waals surface area contributed by atoms with E-state index in [9.17, 15) is 0 Å². The van der Waals surface area contributed by atoms with Crippen molar-refractivity contribution in [3.63, 3.8) is 0 Å². The maximum Gasteiger partial charge on any atom is 0.161 e. The molecule has 0 saturated heterocycles. The first kappa shape index (κ1) is 14.9. The van der Waals surface area contributed by atoms with Crippen LogP contribution in [0.25, 0.3) is 11.4 Å². The number of rotatable bonds is 4. The molecule has 6 heteroatoms. The van der Waals surface area contributed by atoms with Crippen LogP contribution in [-0.2, 0) is 11.3 Å². The average molecular weight is 337 g/mol. The van der Waals surface area contributed by atoms with E-state index in [1.807, 2.05) is 26.0 Å². The average Bonchev–Trinajstić information content (AvgIpc) is 2.44. The van der Waals surface area contributed by atoms with Gasteiger partial charge >= 0.3 is 0 Å². The van der Waals surface area contributed by atoms with Crippen LogP contribution in [0.5, 0.6) is 0 Å². The molecule has 5 nitrogen and oxygen atoms in total. The Hall–Kier alpha value is -1.50. The van der Waals surface area contributed by atoms with Gasteiger partial charge in [-0.15, -0.1) is 0 Å². The number of methoxy groups -OCH3 is 1. The molecular weight excluding hydrogens is 320 g/mol. The summed E-state index contributed by atoms with van der Waals surface area (Å²) in [6.07, 6.45) is 0. The molecular formula is C14H17BrN4O. The Balaban J connectivity index is 2.53. The molecule has 1 heterocycles. The van der Waals surface area contributed by atoms with Crippen LogP contribution in [0, 0.1) is 13.8 Å². The van der Waals surface area contributed by atoms with Gasteiger partial charge in [-0.3, -0.25) is 0 Å². The molecule has 2 rings (SSSR count). The van der Waals surface area contributed by atoms with Crippen LogP contribution < -0.4 is 11.3 Å². The molecule has 1 aromatic carbocycles. The van der Waals surface area contributed by atoms with Gasteiger partial charge in [0.1, 0.15) is 5.82 Å². The van der Waals surface area contributed by atoms with E-state index in [1.165, 1.54) is 0 Å². The lowest BCUT2D eigenvalue weighted by atomic mass is 10.1. The van der Waals surface area contributed by atoms with Crippen LogP contribution in [0.3, 0.4) is 0 Å². The number of nitrogens with one attached hydrogen (secondary N) is 1. The lowest BCUT2D eigenvalue weighted by molar-refractivity contribution is 0.181. The maximum absolute atomic E-state index is 5.46. The fourth-order valence-corrected chi connectivity index (χ4v) is 2.23. The van der Waals surface area contributed by atoms with Crippen molar-refractivity contribution in [2.45, 2.75) is 20.5 Å². The molecule has 0 atom stereocenters. The number of aromatic nitrogens is 2. The van der Waals surface area contributed by atoms with Crippen molar-refractivity contribution in [2.75, 3.05) is 12.5 Å². The fourth-order valence-electron chi connectivity index (χ4n) is 2.00. The molecule has 0 radical (unpaired) electrons. The molecule has 0 unspecified atom stereocenters. The third kappa shape index (κ3) is 3.15. The molecule has 0 bridgehead atoms. The summed E-state index contributed by atoms with van der Waals surface area (Å²) in [4.78, 5) is 8.90. The highest BCUT2D eigenvalue weighted by atomic mass is 79.9. The second-order valence-electron chi connectivity index (χ2n) is 4.57. The summed E-state index contributed by atoms with van der Waals surface area (Å²) in [6, 6.07) is 5.86. The number of hydrazine groups is 1. The van der Waals surface area contributed by atoms with E-state index in [4.69, 9.17) is 10.6 Å². The second kappa shape index (κ2) is 6.30. The molecule has 0 saturated carbocycles. The number of ether oxygens (including phenoxy) is 1. The molecule has 2 aromatic rings. The molecule has 20 heavy (non-hydrogen) atoms. The summed E-state index contributed by atoms with van der Waals surface area (Å²) in [5.41, 5.74) is 6.58. The molecule has 0 aliphatic rings. The van der Waals surface area contributed by atoms with E-state index in [0.717, 1.165) is 26.9 Å². The predicted molar refractivity (Wildman–Crippen MR) is 83.2 cm³/mol. The van der Waals surface area contributed by atoms with Crippen LogP contribution in [0.1, 0.15) is 16.8 Å². The molecule has 0 fully saturated rings. The van der Waals surface area contributed by atoms with Crippen molar-refractivity contribution in [3.8, 4) is 11.4 Å². The van der Waals surface area contributed by atoms with Crippen molar-refractivity contribution in [1.29, 1.82) is 0 Å². The maximum atomic E-state index is 5.46. The highest BCUT2D eigenvalue weighted by Gasteiger charge is 2.09. The van der Waals surface area contributed by atoms with Crippen LogP contribution in [0.4, 0.5) is 5.82 Å². The Morgan fingerprint density at radius 3 is 2.40 bits per heavy atom. The number of hydrogen-bond acceptors (Lipinski definition) is 5. The van der Waals surface area contributed by atoms with Gasteiger partial charge in [-0.1, -0.05) is 15.9 Å². The Bertz CT molecular complexity index is 608. The van der Waals surface area contributed by atoms with Gasteiger partial charge in [-0.05, 0) is 37.1 Å². The van der Waals surface area contributed by atoms with Gasteiger partial charge < -0.3 is 10.2 Å². The van der Waals surface area contributed by atoms with Crippen molar-refractivity contribution in [1.82, 2.24) is 9.97 Å². The van der Waals surface area contributed by atoms with E-state index in [0.29, 0.717) is 18.2 Å². The van der Waals surface area contributed by atoms with Gasteiger partial charge in [0.2, 0.25) is 0 Å². The van der Waals surface area contributed by atoms with Crippen molar-refractivity contribution < 1.29 is 4.74 Å². The highest BCUT2D eigenvalue weighted by Crippen LogP contribution is 2.27. The van der Waals surface area contributed by atoms with Gasteiger partial charge in [-0.25, -0.2) is 15.8 Å². The lowest BCUT2D eigenvalue weighted by Gasteiger charge is -2.10. The summed E-state index contributed by atoms with van der Waals surface area (Å²) in [6.45, 7) is 4.50. The van der Waals surface area contributed by atoms with E-state index >= 15 is 0 Å². The molecule has 1 aromatic heterocycles. The number of nitrogens with two attached hydrogens (primary N) is 1. The largest absolute Gasteiger partial charge is 0.378 e. The summed E-state index contributed by atoms with van der Waals surface area (Å²) in [5, 5.41) is 0. The minimum Gasteiger partial charge on any atom is -0.378 e. The van der Waals surface area contributed by atoms with Crippen LogP contribution in [-0.4, -0.2) is 17.1 Å². The van der Waals surface area contributed by atoms with E-state index in [-0.39, 0.29) is 0 Å². The zero-order chi connectivity index (χ0) is 14.7. The number of benzene rings is 1. The van der Waals surface area contributed by atoms with Crippen LogP contribution >= 0.6 is 15.9 Å². The van der Waals surface area contributed by atoms with Gasteiger partial charge in [0.15, 0.2) is 5.82 Å². The van der Waals surface area contributed by atoms with Gasteiger partial charge in [0, 0.05) is 23.2 Å². The number of hydrogen-bond donors (Lipinski definition) is 2. The number of nitrogen functional groups attached to an aromatic ring is 1.